The molecule has 12 heavy (non-hydrogen) atoms. The van der Waals surface area contributed by atoms with Crippen molar-refractivity contribution in [3.63, 3.8) is 0 Å². The van der Waals surface area contributed by atoms with E-state index in [1.165, 1.54) is 32.4 Å². The van der Waals surface area contributed by atoms with E-state index in [1.54, 1.807) is 14.2 Å². The van der Waals surface area contributed by atoms with Crippen molar-refractivity contribution in [3.05, 3.63) is 0 Å². The van der Waals surface area contributed by atoms with Crippen molar-refractivity contribution in [2.45, 2.75) is 19.3 Å². The lowest BCUT2D eigenvalue weighted by molar-refractivity contribution is -0.965. The van der Waals surface area contributed by atoms with Crippen molar-refractivity contribution in [2.75, 3.05) is 40.8 Å². The van der Waals surface area contributed by atoms with Crippen molar-refractivity contribution >= 4 is 0 Å². The van der Waals surface area contributed by atoms with Crippen LogP contribution in [0.25, 0.3) is 0 Å². The van der Waals surface area contributed by atoms with Gasteiger partial charge in [0.2, 0.25) is 0 Å². The summed E-state index contributed by atoms with van der Waals surface area (Å²) in [5.41, 5.74) is 0. The van der Waals surface area contributed by atoms with Gasteiger partial charge in [-0.25, -0.2) is 0 Å². The van der Waals surface area contributed by atoms with Crippen LogP contribution in [0, 0.1) is 0 Å². The van der Waals surface area contributed by atoms with Crippen molar-refractivity contribution in [1.29, 1.82) is 0 Å². The van der Waals surface area contributed by atoms with Gasteiger partial charge >= 0.3 is 0 Å². The zero-order chi connectivity index (χ0) is 8.86. The predicted octanol–water partition coefficient (Wildman–Crippen LogP) is 1.19. The summed E-state index contributed by atoms with van der Waals surface area (Å²) in [6, 6.07) is 0. The molecular formula is C9H20NO2+. The first-order chi connectivity index (χ1) is 5.83. The molecule has 0 N–H and O–H groups in total. The Bertz CT molecular complexity index is 106. The molecule has 1 saturated heterocycles. The zero-order valence-electron chi connectivity index (χ0n) is 8.21. The Balaban J connectivity index is 2.44. The third kappa shape index (κ3) is 2.44. The fourth-order valence-electron chi connectivity index (χ4n) is 2.03. The van der Waals surface area contributed by atoms with Gasteiger partial charge in [-0.3, -0.25) is 4.48 Å². The molecule has 3 nitrogen and oxygen atoms in total. The molecule has 0 bridgehead atoms. The molecule has 0 atom stereocenters. The third-order valence-corrected chi connectivity index (χ3v) is 2.57. The average molecular weight is 174 g/mol. The van der Waals surface area contributed by atoms with Gasteiger partial charge in [-0.2, -0.15) is 0 Å². The first-order valence-electron chi connectivity index (χ1n) is 4.66. The van der Waals surface area contributed by atoms with E-state index >= 15 is 0 Å². The first kappa shape index (κ1) is 9.96. The molecule has 3 heteroatoms. The second-order valence-electron chi connectivity index (χ2n) is 3.69. The highest BCUT2D eigenvalue weighted by Gasteiger charge is 2.29. The highest BCUT2D eigenvalue weighted by Crippen LogP contribution is 2.18. The fraction of sp³-hybridized carbons (Fsp3) is 1.00. The van der Waals surface area contributed by atoms with Gasteiger partial charge in [-0.05, 0) is 19.3 Å². The molecule has 0 aromatic rings. The number of quaternary nitrogens is 1. The van der Waals surface area contributed by atoms with Crippen LogP contribution in [0.4, 0.5) is 0 Å². The lowest BCUT2D eigenvalue weighted by Crippen LogP contribution is -2.53. The molecule has 1 aliphatic heterocycles. The molecule has 0 radical (unpaired) electrons. The minimum absolute atomic E-state index is 0.799. The molecule has 0 amide bonds. The van der Waals surface area contributed by atoms with Gasteiger partial charge in [-0.15, -0.1) is 0 Å². The number of ether oxygens (including phenoxy) is 2. The van der Waals surface area contributed by atoms with Crippen LogP contribution in [0.3, 0.4) is 0 Å². The zero-order valence-corrected chi connectivity index (χ0v) is 8.21. The number of methoxy groups -OCH3 is 2. The summed E-state index contributed by atoms with van der Waals surface area (Å²) >= 11 is 0. The predicted molar refractivity (Wildman–Crippen MR) is 47.6 cm³/mol. The molecule has 0 saturated carbocycles. The number of hydrogen-bond acceptors (Lipinski definition) is 2. The molecule has 1 rings (SSSR count). The quantitative estimate of drug-likeness (QED) is 0.596. The topological polar surface area (TPSA) is 18.5 Å². The summed E-state index contributed by atoms with van der Waals surface area (Å²) < 4.78 is 11.5. The minimum Gasteiger partial charge on any atom is -0.335 e. The number of hydrogen-bond donors (Lipinski definition) is 0. The maximum absolute atomic E-state index is 5.23. The lowest BCUT2D eigenvalue weighted by atomic mass is 10.1. The number of piperidine rings is 1. The highest BCUT2D eigenvalue weighted by atomic mass is 16.5. The van der Waals surface area contributed by atoms with Crippen LogP contribution in [0.1, 0.15) is 19.3 Å². The molecule has 1 fully saturated rings. The van der Waals surface area contributed by atoms with E-state index in [0.717, 1.165) is 17.9 Å². The van der Waals surface area contributed by atoms with E-state index in [4.69, 9.17) is 9.47 Å². The summed E-state index contributed by atoms with van der Waals surface area (Å²) in [6.45, 7) is 4.02. The molecule has 0 unspecified atom stereocenters. The molecule has 72 valence electrons. The van der Waals surface area contributed by atoms with Gasteiger partial charge in [0.25, 0.3) is 0 Å². The molecular weight excluding hydrogens is 154 g/mol. The van der Waals surface area contributed by atoms with E-state index in [9.17, 15) is 0 Å². The maximum atomic E-state index is 5.23. The van der Waals surface area contributed by atoms with Crippen molar-refractivity contribution in [2.24, 2.45) is 0 Å². The van der Waals surface area contributed by atoms with Crippen molar-refractivity contribution < 1.29 is 14.0 Å². The Kier molecular flexibility index (Phi) is 3.98. The normalized spacial score (nSPS) is 22.5. The van der Waals surface area contributed by atoms with Crippen LogP contribution in [0.2, 0.25) is 0 Å². The number of nitrogens with zero attached hydrogens (tertiary/aromatic N) is 1. The maximum Gasteiger partial charge on any atom is 0.184 e. The van der Waals surface area contributed by atoms with Crippen LogP contribution < -0.4 is 0 Å². The molecule has 1 heterocycles. The van der Waals surface area contributed by atoms with E-state index in [-0.39, 0.29) is 0 Å². The van der Waals surface area contributed by atoms with Crippen molar-refractivity contribution in [3.8, 4) is 0 Å². The second kappa shape index (κ2) is 4.80. The smallest absolute Gasteiger partial charge is 0.184 e. The summed E-state index contributed by atoms with van der Waals surface area (Å²) in [5, 5.41) is 0. The largest absolute Gasteiger partial charge is 0.335 e. The van der Waals surface area contributed by atoms with Crippen LogP contribution in [0.15, 0.2) is 0 Å². The average Bonchev–Trinajstić information content (AvgIpc) is 2.07. The third-order valence-electron chi connectivity index (χ3n) is 2.57. The van der Waals surface area contributed by atoms with Gasteiger partial charge in [0.15, 0.2) is 13.5 Å². The Hall–Kier alpha value is -0.120. The molecule has 0 aliphatic carbocycles. The summed E-state index contributed by atoms with van der Waals surface area (Å²) in [4.78, 5) is 0. The van der Waals surface area contributed by atoms with Crippen LogP contribution >= 0.6 is 0 Å². The number of likely N-dealkylation sites (tertiary alicyclic amines) is 1. The van der Waals surface area contributed by atoms with E-state index in [1.807, 2.05) is 0 Å². The molecule has 0 aromatic carbocycles. The fourth-order valence-corrected chi connectivity index (χ4v) is 2.03. The van der Waals surface area contributed by atoms with Crippen molar-refractivity contribution in [1.82, 2.24) is 0 Å². The SMILES string of the molecule is COC[N+]1(COC)CCCCC1. The summed E-state index contributed by atoms with van der Waals surface area (Å²) in [6.07, 6.45) is 3.99. The van der Waals surface area contributed by atoms with Gasteiger partial charge in [0.1, 0.15) is 0 Å². The Labute approximate surface area is 74.8 Å². The highest BCUT2D eigenvalue weighted by molar-refractivity contribution is 4.50. The Morgan fingerprint density at radius 3 is 1.83 bits per heavy atom. The van der Waals surface area contributed by atoms with Gasteiger partial charge in [-0.1, -0.05) is 0 Å². The van der Waals surface area contributed by atoms with Crippen LogP contribution in [-0.4, -0.2) is 45.3 Å². The van der Waals surface area contributed by atoms with Gasteiger partial charge in [0, 0.05) is 14.2 Å². The number of rotatable bonds is 4. The van der Waals surface area contributed by atoms with Crippen LogP contribution in [0.5, 0.6) is 0 Å². The van der Waals surface area contributed by atoms with Gasteiger partial charge in [0.05, 0.1) is 13.1 Å². The molecule has 0 aromatic heterocycles. The van der Waals surface area contributed by atoms with Crippen LogP contribution in [-0.2, 0) is 9.47 Å². The second-order valence-corrected chi connectivity index (χ2v) is 3.69. The monoisotopic (exact) mass is 174 g/mol. The molecule has 0 spiro atoms. The summed E-state index contributed by atoms with van der Waals surface area (Å²) in [7, 11) is 3.54. The van der Waals surface area contributed by atoms with Gasteiger partial charge < -0.3 is 9.47 Å². The van der Waals surface area contributed by atoms with E-state index in [2.05, 4.69) is 0 Å². The Morgan fingerprint density at radius 2 is 1.42 bits per heavy atom. The lowest BCUT2D eigenvalue weighted by Gasteiger charge is -2.39. The van der Waals surface area contributed by atoms with E-state index in [0.29, 0.717) is 0 Å². The Morgan fingerprint density at radius 1 is 0.917 bits per heavy atom. The van der Waals surface area contributed by atoms with E-state index < -0.39 is 0 Å². The minimum atomic E-state index is 0.799. The molecule has 1 aliphatic rings. The first-order valence-corrected chi connectivity index (χ1v) is 4.66. The summed E-state index contributed by atoms with van der Waals surface area (Å²) in [5.74, 6) is 0. The standard InChI is InChI=1S/C9H20NO2/c1-11-8-10(9-12-2)6-4-3-5-7-10/h3-9H2,1-2H3/q+1.